The second-order valence-electron chi connectivity index (χ2n) is 4.90. The lowest BCUT2D eigenvalue weighted by Crippen LogP contribution is -2.37. The van der Waals surface area contributed by atoms with Crippen LogP contribution in [0.2, 0.25) is 0 Å². The third kappa shape index (κ3) is 4.06. The standard InChI is InChI=1S/C16H22N2O3/c1-20-9-7-18(8-10-21-2)16(19)11-13-12-17-15-6-4-3-5-14(13)15/h3-6,12,17H,7-11H2,1-2H3. The van der Waals surface area contributed by atoms with Crippen molar-refractivity contribution >= 4 is 16.8 Å². The van der Waals surface area contributed by atoms with Gasteiger partial charge < -0.3 is 19.4 Å². The summed E-state index contributed by atoms with van der Waals surface area (Å²) in [6, 6.07) is 8.01. The smallest absolute Gasteiger partial charge is 0.227 e. The van der Waals surface area contributed by atoms with Gasteiger partial charge >= 0.3 is 0 Å². The largest absolute Gasteiger partial charge is 0.383 e. The summed E-state index contributed by atoms with van der Waals surface area (Å²) in [5.41, 5.74) is 2.08. The van der Waals surface area contributed by atoms with Crippen molar-refractivity contribution in [2.45, 2.75) is 6.42 Å². The van der Waals surface area contributed by atoms with Crippen molar-refractivity contribution in [3.63, 3.8) is 0 Å². The number of nitrogens with one attached hydrogen (secondary N) is 1. The lowest BCUT2D eigenvalue weighted by atomic mass is 10.1. The molecule has 0 saturated carbocycles. The van der Waals surface area contributed by atoms with E-state index in [2.05, 4.69) is 4.98 Å². The van der Waals surface area contributed by atoms with Crippen molar-refractivity contribution in [1.82, 2.24) is 9.88 Å². The van der Waals surface area contributed by atoms with Gasteiger partial charge in [0.1, 0.15) is 0 Å². The molecule has 5 heteroatoms. The molecule has 2 rings (SSSR count). The Hall–Kier alpha value is -1.85. The fourth-order valence-corrected chi connectivity index (χ4v) is 2.32. The van der Waals surface area contributed by atoms with E-state index in [-0.39, 0.29) is 5.91 Å². The van der Waals surface area contributed by atoms with Crippen LogP contribution < -0.4 is 0 Å². The summed E-state index contributed by atoms with van der Waals surface area (Å²) in [6.45, 7) is 2.23. The number of ether oxygens (including phenoxy) is 2. The van der Waals surface area contributed by atoms with Crippen LogP contribution >= 0.6 is 0 Å². The molecular weight excluding hydrogens is 268 g/mol. The number of carbonyl (C=O) groups is 1. The normalized spacial score (nSPS) is 11.0. The van der Waals surface area contributed by atoms with Gasteiger partial charge in [0, 0.05) is 44.4 Å². The molecule has 0 saturated heterocycles. The molecule has 1 N–H and O–H groups in total. The molecule has 1 aromatic carbocycles. The molecular formula is C16H22N2O3. The maximum atomic E-state index is 12.5. The van der Waals surface area contributed by atoms with Crippen molar-refractivity contribution in [1.29, 1.82) is 0 Å². The molecule has 5 nitrogen and oxygen atoms in total. The van der Waals surface area contributed by atoms with Gasteiger partial charge in [-0.05, 0) is 11.6 Å². The van der Waals surface area contributed by atoms with Gasteiger partial charge in [0.25, 0.3) is 0 Å². The van der Waals surface area contributed by atoms with E-state index in [1.165, 1.54) is 0 Å². The number of nitrogens with zero attached hydrogens (tertiary/aromatic N) is 1. The van der Waals surface area contributed by atoms with E-state index in [1.807, 2.05) is 30.5 Å². The first-order valence-electron chi connectivity index (χ1n) is 7.07. The molecule has 0 atom stereocenters. The molecule has 0 aliphatic heterocycles. The highest BCUT2D eigenvalue weighted by Crippen LogP contribution is 2.18. The van der Waals surface area contributed by atoms with Gasteiger partial charge in [0.2, 0.25) is 5.91 Å². The van der Waals surface area contributed by atoms with Gasteiger partial charge in [-0.2, -0.15) is 0 Å². The molecule has 0 fully saturated rings. The summed E-state index contributed by atoms with van der Waals surface area (Å²) in [4.78, 5) is 17.5. The SMILES string of the molecule is COCCN(CCOC)C(=O)Cc1c[nH]c2ccccc12. The number of aromatic nitrogens is 1. The second kappa shape index (κ2) is 7.81. The first-order valence-corrected chi connectivity index (χ1v) is 7.07. The number of hydrogen-bond donors (Lipinski definition) is 1. The van der Waals surface area contributed by atoms with Gasteiger partial charge in [-0.25, -0.2) is 0 Å². The second-order valence-corrected chi connectivity index (χ2v) is 4.90. The fourth-order valence-electron chi connectivity index (χ4n) is 2.32. The van der Waals surface area contributed by atoms with Crippen LogP contribution in [0.5, 0.6) is 0 Å². The fraction of sp³-hybridized carbons (Fsp3) is 0.438. The molecule has 0 unspecified atom stereocenters. The number of fused-ring (bicyclic) bond motifs is 1. The molecule has 0 radical (unpaired) electrons. The van der Waals surface area contributed by atoms with Crippen molar-refractivity contribution in [2.24, 2.45) is 0 Å². The number of amides is 1. The zero-order chi connectivity index (χ0) is 15.1. The van der Waals surface area contributed by atoms with E-state index in [1.54, 1.807) is 19.1 Å². The number of hydrogen-bond acceptors (Lipinski definition) is 3. The van der Waals surface area contributed by atoms with E-state index in [0.29, 0.717) is 32.7 Å². The molecule has 1 aromatic heterocycles. The summed E-state index contributed by atoms with van der Waals surface area (Å²) in [6.07, 6.45) is 2.30. The summed E-state index contributed by atoms with van der Waals surface area (Å²) >= 11 is 0. The van der Waals surface area contributed by atoms with E-state index >= 15 is 0 Å². The zero-order valence-electron chi connectivity index (χ0n) is 12.6. The van der Waals surface area contributed by atoms with Gasteiger partial charge in [0.05, 0.1) is 19.6 Å². The van der Waals surface area contributed by atoms with Crippen LogP contribution in [0, 0.1) is 0 Å². The summed E-state index contributed by atoms with van der Waals surface area (Å²) < 4.78 is 10.1. The molecule has 0 spiro atoms. The minimum atomic E-state index is 0.0915. The Morgan fingerprint density at radius 1 is 1.14 bits per heavy atom. The maximum Gasteiger partial charge on any atom is 0.227 e. The average molecular weight is 290 g/mol. The van der Waals surface area contributed by atoms with Crippen LogP contribution in [-0.2, 0) is 20.7 Å². The number of rotatable bonds is 8. The molecule has 1 heterocycles. The third-order valence-corrected chi connectivity index (χ3v) is 3.50. The highest BCUT2D eigenvalue weighted by atomic mass is 16.5. The number of H-pyrrole nitrogens is 1. The summed E-state index contributed by atoms with van der Waals surface area (Å²) in [5.74, 6) is 0.0915. The van der Waals surface area contributed by atoms with E-state index in [9.17, 15) is 4.79 Å². The predicted octanol–water partition coefficient (Wildman–Crippen LogP) is 1.83. The Morgan fingerprint density at radius 2 is 1.81 bits per heavy atom. The Bertz CT molecular complexity index is 572. The monoisotopic (exact) mass is 290 g/mol. The molecule has 0 aliphatic rings. The third-order valence-electron chi connectivity index (χ3n) is 3.50. The highest BCUT2D eigenvalue weighted by molar-refractivity contribution is 5.88. The van der Waals surface area contributed by atoms with Crippen LogP contribution in [-0.4, -0.2) is 56.3 Å². The summed E-state index contributed by atoms with van der Waals surface area (Å²) in [5, 5.41) is 1.10. The number of carbonyl (C=O) groups excluding carboxylic acids is 1. The minimum absolute atomic E-state index is 0.0915. The van der Waals surface area contributed by atoms with Crippen LogP contribution in [0.3, 0.4) is 0 Å². The van der Waals surface area contributed by atoms with E-state index in [4.69, 9.17) is 9.47 Å². The Balaban J connectivity index is 2.06. The average Bonchev–Trinajstić information content (AvgIpc) is 2.91. The minimum Gasteiger partial charge on any atom is -0.383 e. The van der Waals surface area contributed by atoms with Crippen LogP contribution in [0.4, 0.5) is 0 Å². The maximum absolute atomic E-state index is 12.5. The number of aromatic amines is 1. The topological polar surface area (TPSA) is 54.6 Å². The quantitative estimate of drug-likeness (QED) is 0.807. The first kappa shape index (κ1) is 15.5. The van der Waals surface area contributed by atoms with Gasteiger partial charge in [-0.1, -0.05) is 18.2 Å². The number of methoxy groups -OCH3 is 2. The van der Waals surface area contributed by atoms with Crippen molar-refractivity contribution < 1.29 is 14.3 Å². The molecule has 21 heavy (non-hydrogen) atoms. The zero-order valence-corrected chi connectivity index (χ0v) is 12.6. The lowest BCUT2D eigenvalue weighted by molar-refractivity contribution is -0.131. The van der Waals surface area contributed by atoms with Crippen LogP contribution in [0.15, 0.2) is 30.5 Å². The lowest BCUT2D eigenvalue weighted by Gasteiger charge is -2.22. The number of benzene rings is 1. The Morgan fingerprint density at radius 3 is 2.48 bits per heavy atom. The van der Waals surface area contributed by atoms with E-state index < -0.39 is 0 Å². The van der Waals surface area contributed by atoms with Crippen LogP contribution in [0.25, 0.3) is 10.9 Å². The molecule has 1 amide bonds. The van der Waals surface area contributed by atoms with Gasteiger partial charge in [-0.15, -0.1) is 0 Å². The number of para-hydroxylation sites is 1. The van der Waals surface area contributed by atoms with Crippen molar-refractivity contribution in [2.75, 3.05) is 40.5 Å². The molecule has 2 aromatic rings. The van der Waals surface area contributed by atoms with Crippen molar-refractivity contribution in [3.05, 3.63) is 36.0 Å². The predicted molar refractivity (Wildman–Crippen MR) is 82.3 cm³/mol. The van der Waals surface area contributed by atoms with E-state index in [0.717, 1.165) is 16.5 Å². The molecule has 0 bridgehead atoms. The van der Waals surface area contributed by atoms with Crippen molar-refractivity contribution in [3.8, 4) is 0 Å². The molecule has 0 aliphatic carbocycles. The highest BCUT2D eigenvalue weighted by Gasteiger charge is 2.15. The Labute approximate surface area is 124 Å². The Kier molecular flexibility index (Phi) is 5.78. The van der Waals surface area contributed by atoms with Gasteiger partial charge in [0.15, 0.2) is 0 Å². The summed E-state index contributed by atoms with van der Waals surface area (Å²) in [7, 11) is 3.28. The van der Waals surface area contributed by atoms with Gasteiger partial charge in [-0.3, -0.25) is 4.79 Å². The molecule has 114 valence electrons. The van der Waals surface area contributed by atoms with Crippen LogP contribution in [0.1, 0.15) is 5.56 Å². The first-order chi connectivity index (χ1) is 10.3.